The van der Waals surface area contributed by atoms with E-state index in [0.29, 0.717) is 12.1 Å². The van der Waals surface area contributed by atoms with Crippen LogP contribution in [0, 0.1) is 0 Å². The maximum absolute atomic E-state index is 9.77. The molecule has 0 aromatic carbocycles. The molecule has 0 radical (unpaired) electrons. The smallest absolute Gasteiger partial charge is 0.0613 e. The van der Waals surface area contributed by atoms with Gasteiger partial charge in [0, 0.05) is 17.6 Å². The van der Waals surface area contributed by atoms with Gasteiger partial charge < -0.3 is 15.3 Å². The second-order valence-corrected chi connectivity index (χ2v) is 6.23. The summed E-state index contributed by atoms with van der Waals surface area (Å²) in [5, 5.41) is 13.4. The van der Waals surface area contributed by atoms with Gasteiger partial charge in [-0.25, -0.2) is 0 Å². The van der Waals surface area contributed by atoms with Gasteiger partial charge in [0.2, 0.25) is 0 Å². The summed E-state index contributed by atoms with van der Waals surface area (Å²) in [4.78, 5) is 2.64. The first-order valence-corrected chi connectivity index (χ1v) is 7.28. The largest absolute Gasteiger partial charge is 0.394 e. The molecule has 1 heterocycles. The molecule has 0 bridgehead atoms. The van der Waals surface area contributed by atoms with Gasteiger partial charge in [0.05, 0.1) is 6.61 Å². The van der Waals surface area contributed by atoms with Gasteiger partial charge in [-0.05, 0) is 51.6 Å². The zero-order chi connectivity index (χ0) is 12.3. The first-order valence-electron chi connectivity index (χ1n) is 7.28. The van der Waals surface area contributed by atoms with Crippen molar-refractivity contribution in [1.82, 2.24) is 10.2 Å². The lowest BCUT2D eigenvalue weighted by atomic mass is 9.78. The van der Waals surface area contributed by atoms with Gasteiger partial charge in [-0.1, -0.05) is 13.8 Å². The molecule has 0 aromatic rings. The summed E-state index contributed by atoms with van der Waals surface area (Å²) >= 11 is 0. The summed E-state index contributed by atoms with van der Waals surface area (Å²) in [7, 11) is 0. The van der Waals surface area contributed by atoms with Crippen LogP contribution in [-0.4, -0.2) is 47.3 Å². The predicted octanol–water partition coefficient (Wildman–Crippen LogP) is 1.75. The van der Waals surface area contributed by atoms with Gasteiger partial charge in [0.15, 0.2) is 0 Å². The number of nitrogens with zero attached hydrogens (tertiary/aromatic N) is 1. The van der Waals surface area contributed by atoms with Crippen LogP contribution in [0.2, 0.25) is 0 Å². The maximum Gasteiger partial charge on any atom is 0.0613 e. The molecule has 2 rings (SSSR count). The molecule has 100 valence electrons. The first kappa shape index (κ1) is 13.3. The number of likely N-dealkylation sites (tertiary alicyclic amines) is 1. The lowest BCUT2D eigenvalue weighted by molar-refractivity contribution is 0.0632. The molecular weight excluding hydrogens is 212 g/mol. The highest BCUT2D eigenvalue weighted by atomic mass is 16.3. The third kappa shape index (κ3) is 3.21. The number of hydrogen-bond acceptors (Lipinski definition) is 3. The zero-order valence-electron chi connectivity index (χ0n) is 11.4. The number of aliphatic hydroxyl groups excluding tert-OH is 1. The highest BCUT2D eigenvalue weighted by Gasteiger charge is 2.38. The van der Waals surface area contributed by atoms with E-state index in [1.54, 1.807) is 0 Å². The fourth-order valence-corrected chi connectivity index (χ4v) is 3.68. The van der Waals surface area contributed by atoms with Crippen molar-refractivity contribution in [3.8, 4) is 0 Å². The molecule has 1 aliphatic carbocycles. The summed E-state index contributed by atoms with van der Waals surface area (Å²) < 4.78 is 0. The molecule has 1 saturated carbocycles. The van der Waals surface area contributed by atoms with Crippen molar-refractivity contribution >= 4 is 0 Å². The van der Waals surface area contributed by atoms with Gasteiger partial charge in [0.25, 0.3) is 0 Å². The molecule has 2 N–H and O–H groups in total. The Bertz CT molecular complexity index is 238. The van der Waals surface area contributed by atoms with Crippen LogP contribution in [0.25, 0.3) is 0 Å². The zero-order valence-corrected chi connectivity index (χ0v) is 11.4. The van der Waals surface area contributed by atoms with Gasteiger partial charge in [-0.3, -0.25) is 0 Å². The predicted molar refractivity (Wildman–Crippen MR) is 71.2 cm³/mol. The Morgan fingerprint density at radius 1 is 1.29 bits per heavy atom. The van der Waals surface area contributed by atoms with Crippen molar-refractivity contribution in [2.45, 2.75) is 70.0 Å². The van der Waals surface area contributed by atoms with Crippen molar-refractivity contribution in [2.75, 3.05) is 19.7 Å². The Balaban J connectivity index is 1.98. The summed E-state index contributed by atoms with van der Waals surface area (Å²) in [6.07, 6.45) is 7.55. The van der Waals surface area contributed by atoms with Crippen molar-refractivity contribution < 1.29 is 5.11 Å². The van der Waals surface area contributed by atoms with Gasteiger partial charge >= 0.3 is 0 Å². The second kappa shape index (κ2) is 5.68. The molecule has 0 spiro atoms. The molecule has 2 aliphatic rings. The summed E-state index contributed by atoms with van der Waals surface area (Å²) in [5.74, 6) is 0. The molecule has 17 heavy (non-hydrogen) atoms. The number of rotatable bonds is 4. The first-order chi connectivity index (χ1) is 8.15. The average molecular weight is 240 g/mol. The van der Waals surface area contributed by atoms with Crippen molar-refractivity contribution in [1.29, 1.82) is 0 Å². The fraction of sp³-hybridized carbons (Fsp3) is 1.00. The molecule has 0 aromatic heterocycles. The number of nitrogens with one attached hydrogen (secondary N) is 1. The molecule has 1 saturated heterocycles. The van der Waals surface area contributed by atoms with Crippen molar-refractivity contribution in [3.05, 3.63) is 0 Å². The third-order valence-electron chi connectivity index (χ3n) is 4.37. The van der Waals surface area contributed by atoms with E-state index in [1.165, 1.54) is 38.8 Å². The van der Waals surface area contributed by atoms with Gasteiger partial charge in [-0.15, -0.1) is 0 Å². The standard InChI is InChI=1S/C14H28N2O/c1-12(2)15-14(11-17)7-5-6-13(10-14)16-8-3-4-9-16/h12-13,15,17H,3-11H2,1-2H3. The van der Waals surface area contributed by atoms with Crippen LogP contribution in [0.3, 0.4) is 0 Å². The average Bonchev–Trinajstić information content (AvgIpc) is 2.82. The number of hydrogen-bond donors (Lipinski definition) is 2. The monoisotopic (exact) mass is 240 g/mol. The highest BCUT2D eigenvalue weighted by molar-refractivity contribution is 4.97. The fourth-order valence-electron chi connectivity index (χ4n) is 3.68. The van der Waals surface area contributed by atoms with Crippen molar-refractivity contribution in [3.63, 3.8) is 0 Å². The molecule has 0 amide bonds. The molecule has 2 fully saturated rings. The minimum Gasteiger partial charge on any atom is -0.394 e. The summed E-state index contributed by atoms with van der Waals surface area (Å²) in [6, 6.07) is 1.16. The van der Waals surface area contributed by atoms with E-state index in [4.69, 9.17) is 0 Å². The van der Waals surface area contributed by atoms with Crippen LogP contribution in [0.5, 0.6) is 0 Å². The Hall–Kier alpha value is -0.120. The van der Waals surface area contributed by atoms with E-state index in [0.717, 1.165) is 12.8 Å². The second-order valence-electron chi connectivity index (χ2n) is 6.23. The highest BCUT2D eigenvalue weighted by Crippen LogP contribution is 2.32. The van der Waals surface area contributed by atoms with Crippen LogP contribution in [0.15, 0.2) is 0 Å². The number of aliphatic hydroxyl groups is 1. The van der Waals surface area contributed by atoms with E-state index in [-0.39, 0.29) is 12.1 Å². The minimum atomic E-state index is -0.0142. The van der Waals surface area contributed by atoms with Crippen LogP contribution in [0.4, 0.5) is 0 Å². The Labute approximate surface area is 106 Å². The lowest BCUT2D eigenvalue weighted by Gasteiger charge is -2.44. The van der Waals surface area contributed by atoms with E-state index in [1.807, 2.05) is 0 Å². The SMILES string of the molecule is CC(C)NC1(CO)CCCC(N2CCCC2)C1. The van der Waals surface area contributed by atoms with E-state index in [2.05, 4.69) is 24.1 Å². The van der Waals surface area contributed by atoms with Gasteiger partial charge in [-0.2, -0.15) is 0 Å². The summed E-state index contributed by atoms with van der Waals surface area (Å²) in [5.41, 5.74) is -0.0142. The third-order valence-corrected chi connectivity index (χ3v) is 4.37. The van der Waals surface area contributed by atoms with E-state index < -0.39 is 0 Å². The Morgan fingerprint density at radius 2 is 2.00 bits per heavy atom. The minimum absolute atomic E-state index is 0.0142. The van der Waals surface area contributed by atoms with Crippen LogP contribution in [0.1, 0.15) is 52.4 Å². The Kier molecular flexibility index (Phi) is 4.45. The molecule has 2 atom stereocenters. The van der Waals surface area contributed by atoms with Crippen LogP contribution >= 0.6 is 0 Å². The van der Waals surface area contributed by atoms with Gasteiger partial charge in [0.1, 0.15) is 0 Å². The quantitative estimate of drug-likeness (QED) is 0.786. The topological polar surface area (TPSA) is 35.5 Å². The maximum atomic E-state index is 9.77. The molecule has 1 aliphatic heterocycles. The van der Waals surface area contributed by atoms with Crippen LogP contribution < -0.4 is 5.32 Å². The molecule has 2 unspecified atom stereocenters. The lowest BCUT2D eigenvalue weighted by Crippen LogP contribution is -2.57. The summed E-state index contributed by atoms with van der Waals surface area (Å²) in [6.45, 7) is 7.19. The van der Waals surface area contributed by atoms with Crippen molar-refractivity contribution in [2.24, 2.45) is 0 Å². The molecule has 3 nitrogen and oxygen atoms in total. The van der Waals surface area contributed by atoms with Crippen LogP contribution in [-0.2, 0) is 0 Å². The molecule has 3 heteroatoms. The van der Waals surface area contributed by atoms with E-state index >= 15 is 0 Å². The molecular formula is C14H28N2O. The normalized spacial score (nSPS) is 35.6. The van der Waals surface area contributed by atoms with E-state index in [9.17, 15) is 5.11 Å². The Morgan fingerprint density at radius 3 is 2.59 bits per heavy atom.